The summed E-state index contributed by atoms with van der Waals surface area (Å²) in [4.78, 5) is 5.17. The lowest BCUT2D eigenvalue weighted by Crippen LogP contribution is -2.56. The Hall–Kier alpha value is -7.04. The molecule has 0 radical (unpaired) electrons. The molecule has 0 bridgehead atoms. The second kappa shape index (κ2) is 16.8. The number of fused-ring (bicyclic) bond motifs is 9. The van der Waals surface area contributed by atoms with E-state index in [4.69, 9.17) is 0 Å². The van der Waals surface area contributed by atoms with E-state index in [1.54, 1.807) is 0 Å². The molecule has 4 heteroatoms. The first-order valence-electron chi connectivity index (χ1n) is 26.0. The van der Waals surface area contributed by atoms with E-state index >= 15 is 0 Å². The maximum atomic E-state index is 2.73. The number of hydrogen-bond acceptors (Lipinski definition) is 2. The number of nitrogens with zero attached hydrogens (tertiary/aromatic N) is 3. The molecule has 0 unspecified atom stereocenters. The topological polar surface area (TPSA) is 11.4 Å². The number of aromatic nitrogens is 1. The fourth-order valence-electron chi connectivity index (χ4n) is 12.1. The first-order chi connectivity index (χ1) is 33.9. The largest absolute Gasteiger partial charge is 0.375 e. The Bertz CT molecular complexity index is 3590. The summed E-state index contributed by atoms with van der Waals surface area (Å²) in [5.74, 6) is 0. The van der Waals surface area contributed by atoms with Gasteiger partial charge in [-0.25, -0.2) is 0 Å². The number of anilines is 6. The lowest BCUT2D eigenvalue weighted by molar-refractivity contribution is 0.569. The molecule has 0 saturated heterocycles. The highest BCUT2D eigenvalue weighted by molar-refractivity contribution is 6.90. The van der Waals surface area contributed by atoms with Crippen LogP contribution < -0.4 is 20.7 Å². The number of benzene rings is 9. The molecule has 0 saturated carbocycles. The van der Waals surface area contributed by atoms with E-state index in [1.165, 1.54) is 105 Å². The summed E-state index contributed by atoms with van der Waals surface area (Å²) in [5.41, 5.74) is 20.5. The van der Waals surface area contributed by atoms with Crippen molar-refractivity contribution in [2.45, 2.75) is 105 Å². The Balaban J connectivity index is 1.29. The molecule has 346 valence electrons. The smallest absolute Gasteiger partial charge is 0.333 e. The Morgan fingerprint density at radius 3 is 1.59 bits per heavy atom. The van der Waals surface area contributed by atoms with Crippen molar-refractivity contribution in [2.24, 2.45) is 0 Å². The minimum absolute atomic E-state index is 0.0751. The fourth-order valence-corrected chi connectivity index (χ4v) is 12.1. The van der Waals surface area contributed by atoms with Gasteiger partial charge in [0.25, 0.3) is 0 Å². The summed E-state index contributed by atoms with van der Waals surface area (Å²) in [6.45, 7) is 18.8. The molecule has 0 spiro atoms. The van der Waals surface area contributed by atoms with Gasteiger partial charge in [-0.2, -0.15) is 0 Å². The Labute approximate surface area is 415 Å². The van der Waals surface area contributed by atoms with Crippen LogP contribution in [-0.2, 0) is 23.7 Å². The highest BCUT2D eigenvalue weighted by atomic mass is 15.2. The predicted molar refractivity (Wildman–Crippen MR) is 304 cm³/mol. The first kappa shape index (κ1) is 44.2. The zero-order valence-electron chi connectivity index (χ0n) is 42.3. The van der Waals surface area contributed by atoms with Crippen LogP contribution in [0.25, 0.3) is 54.5 Å². The molecule has 9 aromatic carbocycles. The van der Waals surface area contributed by atoms with Crippen LogP contribution in [0.3, 0.4) is 0 Å². The molecule has 1 aromatic heterocycles. The van der Waals surface area contributed by atoms with Crippen LogP contribution in [0.5, 0.6) is 0 Å². The molecular weight excluding hydrogens is 846 g/mol. The molecule has 12 rings (SSSR count). The van der Waals surface area contributed by atoms with Crippen molar-refractivity contribution in [3.05, 3.63) is 192 Å². The lowest BCUT2D eigenvalue weighted by Gasteiger charge is -2.42. The Kier molecular flexibility index (Phi) is 10.6. The van der Waals surface area contributed by atoms with Gasteiger partial charge in [-0.1, -0.05) is 177 Å². The SMILES string of the molecule is CCCCc1c2ccccc2c(CCCC)c2cc3c(cc12)B1c2c(cc(N(c4ccccc4)c4ccccc4)cc2N3c2cc(C(C)(C)C)cc(C(C)(C)C)c2)-c2cccc3c4ccccc4n1c23. The van der Waals surface area contributed by atoms with E-state index in [1.807, 2.05) is 0 Å². The first-order valence-corrected chi connectivity index (χ1v) is 26.0. The molecule has 0 atom stereocenters. The molecule has 10 aromatic rings. The van der Waals surface area contributed by atoms with Gasteiger partial charge in [-0.3, -0.25) is 0 Å². The van der Waals surface area contributed by atoms with Gasteiger partial charge in [-0.05, 0) is 157 Å². The number of para-hydroxylation sites is 4. The van der Waals surface area contributed by atoms with E-state index < -0.39 is 0 Å². The minimum Gasteiger partial charge on any atom is -0.375 e. The third kappa shape index (κ3) is 7.00. The van der Waals surface area contributed by atoms with Gasteiger partial charge in [0.1, 0.15) is 0 Å². The van der Waals surface area contributed by atoms with Crippen LogP contribution in [0, 0.1) is 0 Å². The van der Waals surface area contributed by atoms with Crippen molar-refractivity contribution < 1.29 is 0 Å². The molecule has 2 aliphatic rings. The van der Waals surface area contributed by atoms with Crippen molar-refractivity contribution in [1.29, 1.82) is 0 Å². The molecule has 70 heavy (non-hydrogen) atoms. The predicted octanol–water partition coefficient (Wildman–Crippen LogP) is 17.3. The van der Waals surface area contributed by atoms with E-state index in [9.17, 15) is 0 Å². The van der Waals surface area contributed by atoms with Crippen molar-refractivity contribution in [2.75, 3.05) is 9.80 Å². The van der Waals surface area contributed by atoms with Crippen LogP contribution in [-0.4, -0.2) is 11.3 Å². The molecule has 0 fully saturated rings. The molecule has 3 nitrogen and oxygen atoms in total. The molecule has 3 heterocycles. The molecular formula is C66H64BN3. The monoisotopic (exact) mass is 910 g/mol. The number of aryl methyl sites for hydroxylation is 2. The summed E-state index contributed by atoms with van der Waals surface area (Å²) in [6.07, 6.45) is 6.70. The summed E-state index contributed by atoms with van der Waals surface area (Å²) in [5, 5.41) is 8.27. The van der Waals surface area contributed by atoms with E-state index in [2.05, 4.69) is 240 Å². The standard InChI is InChI=1S/C66H64BN3/c1-9-11-28-51-49-30-19-20-31-50(49)52(29-12-10-2)57-42-61-59(41-56(51)57)67-63-58(55-34-23-33-54-53-32-21-22-35-60(53)70(67)64(54)55)39-48(68(45-24-15-13-16-25-45)46-26-17-14-18-27-46)40-62(63)69(61)47-37-43(65(3,4)5)36-44(38-47)66(6,7)8/h13-27,30-42H,9-12,28-29H2,1-8H3. The van der Waals surface area contributed by atoms with E-state index in [-0.39, 0.29) is 17.7 Å². The van der Waals surface area contributed by atoms with Gasteiger partial charge in [0.2, 0.25) is 0 Å². The summed E-state index contributed by atoms with van der Waals surface area (Å²) in [6, 6.07) is 65.3. The third-order valence-corrected chi connectivity index (χ3v) is 15.6. The van der Waals surface area contributed by atoms with Crippen LogP contribution in [0.4, 0.5) is 34.1 Å². The number of unbranched alkanes of at least 4 members (excludes halogenated alkanes) is 2. The van der Waals surface area contributed by atoms with Crippen LogP contribution in [0.2, 0.25) is 0 Å². The van der Waals surface area contributed by atoms with Crippen LogP contribution in [0.15, 0.2) is 170 Å². The molecule has 0 N–H and O–H groups in total. The number of hydrogen-bond donors (Lipinski definition) is 0. The van der Waals surface area contributed by atoms with Crippen LogP contribution in [0.1, 0.15) is 103 Å². The highest BCUT2D eigenvalue weighted by Gasteiger charge is 2.44. The zero-order chi connectivity index (χ0) is 48.1. The maximum absolute atomic E-state index is 2.73. The summed E-state index contributed by atoms with van der Waals surface area (Å²) in [7, 11) is 0. The average molecular weight is 910 g/mol. The second-order valence-electron chi connectivity index (χ2n) is 22.2. The Morgan fingerprint density at radius 2 is 1.00 bits per heavy atom. The van der Waals surface area contributed by atoms with Crippen LogP contribution >= 0.6 is 0 Å². The van der Waals surface area contributed by atoms with Gasteiger partial charge >= 0.3 is 6.85 Å². The van der Waals surface area contributed by atoms with Crippen molar-refractivity contribution in [3.63, 3.8) is 0 Å². The van der Waals surface area contributed by atoms with Gasteiger partial charge in [-0.15, -0.1) is 0 Å². The Morgan fingerprint density at radius 1 is 0.457 bits per heavy atom. The van der Waals surface area contributed by atoms with E-state index in [0.29, 0.717) is 0 Å². The molecule has 0 amide bonds. The maximum Gasteiger partial charge on any atom is 0.333 e. The minimum atomic E-state index is -0.0774. The number of rotatable bonds is 10. The van der Waals surface area contributed by atoms with Gasteiger partial charge in [0.05, 0.1) is 0 Å². The third-order valence-electron chi connectivity index (χ3n) is 15.6. The normalized spacial score (nSPS) is 13.1. The summed E-state index contributed by atoms with van der Waals surface area (Å²) >= 11 is 0. The fraction of sp³-hybridized carbons (Fsp3) is 0.242. The summed E-state index contributed by atoms with van der Waals surface area (Å²) < 4.78 is 2.73. The van der Waals surface area contributed by atoms with Crippen molar-refractivity contribution in [1.82, 2.24) is 4.48 Å². The van der Waals surface area contributed by atoms with Gasteiger partial charge < -0.3 is 14.3 Å². The van der Waals surface area contributed by atoms with Gasteiger partial charge in [0.15, 0.2) is 0 Å². The van der Waals surface area contributed by atoms with Crippen molar-refractivity contribution >= 4 is 95.2 Å². The lowest BCUT2D eigenvalue weighted by atomic mass is 9.45. The van der Waals surface area contributed by atoms with Crippen molar-refractivity contribution in [3.8, 4) is 11.1 Å². The zero-order valence-corrected chi connectivity index (χ0v) is 42.3. The van der Waals surface area contributed by atoms with E-state index in [0.717, 1.165) is 55.6 Å². The quantitative estimate of drug-likeness (QED) is 0.100. The second-order valence-corrected chi connectivity index (χ2v) is 22.2. The molecule has 0 aliphatic carbocycles. The molecule has 2 aliphatic heterocycles. The average Bonchev–Trinajstić information content (AvgIpc) is 3.70. The van der Waals surface area contributed by atoms with Gasteiger partial charge in [0, 0.05) is 61.5 Å². The highest BCUT2D eigenvalue weighted by Crippen LogP contribution is 2.50.